The Morgan fingerprint density at radius 1 is 1.12 bits per heavy atom. The van der Waals surface area contributed by atoms with Crippen LogP contribution in [0.25, 0.3) is 0 Å². The van der Waals surface area contributed by atoms with E-state index in [1.807, 2.05) is 0 Å². The van der Waals surface area contributed by atoms with Gasteiger partial charge >= 0.3 is 0 Å². The van der Waals surface area contributed by atoms with Gasteiger partial charge in [-0.25, -0.2) is 8.42 Å². The second-order valence-corrected chi connectivity index (χ2v) is 9.15. The molecule has 2 aliphatic rings. The molecule has 0 unspecified atom stereocenters. The quantitative estimate of drug-likeness (QED) is 0.834. The molecule has 2 heterocycles. The molecular weight excluding hydrogens is 378 g/mol. The van der Waals surface area contributed by atoms with Gasteiger partial charge < -0.3 is 10.6 Å². The van der Waals surface area contributed by atoms with Gasteiger partial charge in [0.25, 0.3) is 5.91 Å². The number of rotatable bonds is 3. The molecule has 0 bridgehead atoms. The molecule has 142 valence electrons. The van der Waals surface area contributed by atoms with Gasteiger partial charge in [-0.2, -0.15) is 0 Å². The van der Waals surface area contributed by atoms with Crippen molar-refractivity contribution in [3.05, 3.63) is 28.8 Å². The summed E-state index contributed by atoms with van der Waals surface area (Å²) >= 11 is 6.22. The maximum Gasteiger partial charge on any atom is 0.253 e. The lowest BCUT2D eigenvalue weighted by molar-refractivity contribution is -0.123. The number of likely N-dealkylation sites (tertiary alicyclic amines) is 1. The zero-order chi connectivity index (χ0) is 18.9. The normalized spacial score (nSPS) is 20.8. The highest BCUT2D eigenvalue weighted by Gasteiger charge is 2.30. The van der Waals surface area contributed by atoms with Gasteiger partial charge in [0, 0.05) is 31.1 Å². The van der Waals surface area contributed by atoms with Crippen molar-refractivity contribution in [1.82, 2.24) is 4.90 Å². The highest BCUT2D eigenvalue weighted by atomic mass is 35.5. The minimum Gasteiger partial charge on any atom is -0.369 e. The van der Waals surface area contributed by atoms with Gasteiger partial charge in [0.15, 0.2) is 0 Å². The van der Waals surface area contributed by atoms with Crippen LogP contribution in [0.15, 0.2) is 18.2 Å². The SMILES string of the molecule is NC(=O)C1CCN(C(=O)c2ccc(Cl)c(N3CCCCS3(=O)=O)c2)CC1. The van der Waals surface area contributed by atoms with Crippen LogP contribution in [-0.2, 0) is 14.8 Å². The van der Waals surface area contributed by atoms with E-state index in [-0.39, 0.29) is 23.5 Å². The van der Waals surface area contributed by atoms with Gasteiger partial charge in [-0.05, 0) is 43.9 Å². The number of halogens is 1. The summed E-state index contributed by atoms with van der Waals surface area (Å²) in [4.78, 5) is 25.7. The maximum atomic E-state index is 12.8. The first-order valence-corrected chi connectivity index (χ1v) is 10.7. The van der Waals surface area contributed by atoms with Gasteiger partial charge in [-0.3, -0.25) is 13.9 Å². The number of piperidine rings is 1. The molecule has 1 aromatic carbocycles. The van der Waals surface area contributed by atoms with Crippen molar-refractivity contribution >= 4 is 39.1 Å². The van der Waals surface area contributed by atoms with Crippen LogP contribution >= 0.6 is 11.6 Å². The minimum absolute atomic E-state index is 0.0855. The van der Waals surface area contributed by atoms with Gasteiger partial charge in [0.1, 0.15) is 0 Å². The van der Waals surface area contributed by atoms with Crippen molar-refractivity contribution in [3.8, 4) is 0 Å². The van der Waals surface area contributed by atoms with Crippen LogP contribution in [0, 0.1) is 5.92 Å². The number of primary amides is 1. The van der Waals surface area contributed by atoms with Gasteiger partial charge in [0.05, 0.1) is 16.5 Å². The van der Waals surface area contributed by atoms with Crippen LogP contribution in [-0.4, -0.2) is 50.5 Å². The fourth-order valence-electron chi connectivity index (χ4n) is 3.45. The van der Waals surface area contributed by atoms with Gasteiger partial charge in [-0.1, -0.05) is 11.6 Å². The Morgan fingerprint density at radius 3 is 2.42 bits per heavy atom. The number of benzene rings is 1. The summed E-state index contributed by atoms with van der Waals surface area (Å²) in [5, 5.41) is 0.305. The highest BCUT2D eigenvalue weighted by Crippen LogP contribution is 2.32. The summed E-state index contributed by atoms with van der Waals surface area (Å²) in [6.07, 6.45) is 2.47. The Hall–Kier alpha value is -1.80. The van der Waals surface area contributed by atoms with Crippen molar-refractivity contribution < 1.29 is 18.0 Å². The zero-order valence-corrected chi connectivity index (χ0v) is 15.9. The van der Waals surface area contributed by atoms with Crippen LogP contribution in [0.5, 0.6) is 0 Å². The van der Waals surface area contributed by atoms with E-state index in [9.17, 15) is 18.0 Å². The fraction of sp³-hybridized carbons (Fsp3) is 0.529. The number of hydrogen-bond acceptors (Lipinski definition) is 4. The molecule has 2 saturated heterocycles. The monoisotopic (exact) mass is 399 g/mol. The first-order valence-electron chi connectivity index (χ1n) is 8.68. The van der Waals surface area contributed by atoms with E-state index in [2.05, 4.69) is 0 Å². The number of amides is 2. The summed E-state index contributed by atoms with van der Waals surface area (Å²) in [5.41, 5.74) is 6.07. The lowest BCUT2D eigenvalue weighted by atomic mass is 9.96. The predicted octanol–water partition coefficient (Wildman–Crippen LogP) is 1.61. The standard InChI is InChI=1S/C17H22ClN3O4S/c18-14-4-3-13(11-15(14)21-7-1-2-10-26(21,24)25)17(23)20-8-5-12(6-9-20)16(19)22/h3-4,11-12H,1-2,5-10H2,(H2,19,22). The molecule has 9 heteroatoms. The molecule has 2 fully saturated rings. The summed E-state index contributed by atoms with van der Waals surface area (Å²) in [6, 6.07) is 4.71. The summed E-state index contributed by atoms with van der Waals surface area (Å²) < 4.78 is 26.0. The molecule has 0 aliphatic carbocycles. The van der Waals surface area contributed by atoms with Crippen LogP contribution in [0.1, 0.15) is 36.0 Å². The molecule has 7 nitrogen and oxygen atoms in total. The Labute approximate surface area is 158 Å². The van der Waals surface area contributed by atoms with E-state index < -0.39 is 10.0 Å². The van der Waals surface area contributed by atoms with E-state index in [0.717, 1.165) is 6.42 Å². The van der Waals surface area contributed by atoms with Crippen molar-refractivity contribution in [3.63, 3.8) is 0 Å². The molecule has 2 amide bonds. The summed E-state index contributed by atoms with van der Waals surface area (Å²) in [5.74, 6) is -0.637. The first kappa shape index (κ1) is 19.0. The van der Waals surface area contributed by atoms with Crippen LogP contribution in [0.2, 0.25) is 5.02 Å². The topological polar surface area (TPSA) is 101 Å². The Balaban J connectivity index is 1.81. The predicted molar refractivity (Wildman–Crippen MR) is 99.6 cm³/mol. The van der Waals surface area contributed by atoms with Crippen LogP contribution < -0.4 is 10.0 Å². The summed E-state index contributed by atoms with van der Waals surface area (Å²) in [7, 11) is -3.41. The van der Waals surface area contributed by atoms with Crippen molar-refractivity contribution in [1.29, 1.82) is 0 Å². The molecule has 1 aromatic rings. The molecule has 0 atom stereocenters. The third-order valence-electron chi connectivity index (χ3n) is 5.00. The van der Waals surface area contributed by atoms with E-state index in [1.54, 1.807) is 23.1 Å². The smallest absolute Gasteiger partial charge is 0.253 e. The van der Waals surface area contributed by atoms with Gasteiger partial charge in [0.2, 0.25) is 15.9 Å². The third-order valence-corrected chi connectivity index (χ3v) is 7.17. The van der Waals surface area contributed by atoms with Crippen molar-refractivity contribution in [2.45, 2.75) is 25.7 Å². The largest absolute Gasteiger partial charge is 0.369 e. The number of nitrogens with zero attached hydrogens (tertiary/aromatic N) is 2. The number of nitrogens with two attached hydrogens (primary N) is 1. The highest BCUT2D eigenvalue weighted by molar-refractivity contribution is 7.92. The molecule has 0 spiro atoms. The minimum atomic E-state index is -3.41. The molecule has 2 N–H and O–H groups in total. The van der Waals surface area contributed by atoms with Gasteiger partial charge in [-0.15, -0.1) is 0 Å². The first-order chi connectivity index (χ1) is 12.3. The fourth-order valence-corrected chi connectivity index (χ4v) is 5.36. The molecule has 3 rings (SSSR count). The third kappa shape index (κ3) is 3.81. The molecule has 0 radical (unpaired) electrons. The Kier molecular flexibility index (Phi) is 5.43. The maximum absolute atomic E-state index is 12.8. The van der Waals surface area contributed by atoms with Crippen molar-refractivity contribution in [2.24, 2.45) is 11.7 Å². The second-order valence-electron chi connectivity index (χ2n) is 6.73. The molecule has 0 saturated carbocycles. The van der Waals surface area contributed by atoms with Crippen LogP contribution in [0.4, 0.5) is 5.69 Å². The lowest BCUT2D eigenvalue weighted by Crippen LogP contribution is -2.42. The number of carbonyl (C=O) groups excluding carboxylic acids is 2. The Morgan fingerprint density at radius 2 is 1.81 bits per heavy atom. The summed E-state index contributed by atoms with van der Waals surface area (Å²) in [6.45, 7) is 1.27. The average molecular weight is 400 g/mol. The number of carbonyl (C=O) groups is 2. The lowest BCUT2D eigenvalue weighted by Gasteiger charge is -2.32. The van der Waals surface area contributed by atoms with E-state index in [1.165, 1.54) is 4.31 Å². The second kappa shape index (κ2) is 7.44. The molecule has 26 heavy (non-hydrogen) atoms. The molecule has 0 aromatic heterocycles. The Bertz CT molecular complexity index is 819. The van der Waals surface area contributed by atoms with E-state index in [0.29, 0.717) is 55.2 Å². The zero-order valence-electron chi connectivity index (χ0n) is 14.4. The van der Waals surface area contributed by atoms with Crippen LogP contribution in [0.3, 0.4) is 0 Å². The molecular formula is C17H22ClN3O4S. The number of sulfonamides is 1. The number of anilines is 1. The van der Waals surface area contributed by atoms with Crippen molar-refractivity contribution in [2.75, 3.05) is 29.7 Å². The number of hydrogen-bond donors (Lipinski definition) is 1. The van der Waals surface area contributed by atoms with E-state index >= 15 is 0 Å². The average Bonchev–Trinajstić information content (AvgIpc) is 2.62. The van der Waals surface area contributed by atoms with E-state index in [4.69, 9.17) is 17.3 Å². The molecule has 2 aliphatic heterocycles.